The molecule has 0 aromatic heterocycles. The van der Waals surface area contributed by atoms with E-state index in [0.29, 0.717) is 5.41 Å². The molecule has 0 radical (unpaired) electrons. The lowest BCUT2D eigenvalue weighted by molar-refractivity contribution is -0.118. The third-order valence-electron chi connectivity index (χ3n) is 6.03. The van der Waals surface area contributed by atoms with Crippen LogP contribution < -0.4 is 5.32 Å². The van der Waals surface area contributed by atoms with Gasteiger partial charge in [-0.05, 0) is 73.3 Å². The van der Waals surface area contributed by atoms with Crippen LogP contribution in [0.15, 0.2) is 36.4 Å². The topological polar surface area (TPSA) is 29.1 Å². The Hall–Kier alpha value is -1.57. The number of hydrogen-bond donors (Lipinski definition) is 1. The highest BCUT2D eigenvalue weighted by atomic mass is 16.1. The first-order valence-electron chi connectivity index (χ1n) is 8.72. The van der Waals surface area contributed by atoms with E-state index in [4.69, 9.17) is 0 Å². The third-order valence-corrected chi connectivity index (χ3v) is 6.03. The van der Waals surface area contributed by atoms with Gasteiger partial charge >= 0.3 is 0 Å². The molecule has 1 amide bonds. The molecule has 4 bridgehead atoms. The van der Waals surface area contributed by atoms with Crippen molar-refractivity contribution < 1.29 is 4.79 Å². The van der Waals surface area contributed by atoms with Crippen LogP contribution in [-0.2, 0) is 4.79 Å². The van der Waals surface area contributed by atoms with E-state index in [1.54, 1.807) is 6.08 Å². The monoisotopic (exact) mass is 295 g/mol. The molecule has 0 spiro atoms. The van der Waals surface area contributed by atoms with Gasteiger partial charge in [0.05, 0.1) is 0 Å². The second kappa shape index (κ2) is 5.57. The van der Waals surface area contributed by atoms with Crippen molar-refractivity contribution in [1.82, 2.24) is 5.32 Å². The van der Waals surface area contributed by atoms with Gasteiger partial charge in [-0.1, -0.05) is 30.3 Å². The van der Waals surface area contributed by atoms with Crippen LogP contribution in [-0.4, -0.2) is 12.5 Å². The lowest BCUT2D eigenvalue weighted by Crippen LogP contribution is -2.51. The summed E-state index contributed by atoms with van der Waals surface area (Å²) in [6.45, 7) is 0.883. The number of rotatable bonds is 4. The van der Waals surface area contributed by atoms with Crippen LogP contribution in [0.3, 0.4) is 0 Å². The predicted octanol–water partition coefficient (Wildman–Crippen LogP) is 4.03. The quantitative estimate of drug-likeness (QED) is 0.835. The van der Waals surface area contributed by atoms with Crippen LogP contribution >= 0.6 is 0 Å². The minimum absolute atomic E-state index is 0.0552. The SMILES string of the molecule is O=C(C=Cc1ccccc1)NCC12CC3CC(CC(C3)C1)C2. The van der Waals surface area contributed by atoms with E-state index in [2.05, 4.69) is 5.32 Å². The van der Waals surface area contributed by atoms with Crippen molar-refractivity contribution in [2.24, 2.45) is 23.2 Å². The van der Waals surface area contributed by atoms with Crippen molar-refractivity contribution >= 4 is 12.0 Å². The van der Waals surface area contributed by atoms with Crippen molar-refractivity contribution in [2.45, 2.75) is 38.5 Å². The molecule has 1 aromatic carbocycles. The Morgan fingerprint density at radius 2 is 1.64 bits per heavy atom. The average Bonchev–Trinajstić information content (AvgIpc) is 2.51. The van der Waals surface area contributed by atoms with Crippen molar-refractivity contribution in [3.63, 3.8) is 0 Å². The summed E-state index contributed by atoms with van der Waals surface area (Å²) in [5.41, 5.74) is 1.50. The zero-order valence-electron chi connectivity index (χ0n) is 13.1. The normalized spacial score (nSPS) is 35.9. The van der Waals surface area contributed by atoms with E-state index in [9.17, 15) is 4.79 Å². The summed E-state index contributed by atoms with van der Waals surface area (Å²) in [5, 5.41) is 3.18. The zero-order chi connectivity index (χ0) is 15.0. The number of carbonyl (C=O) groups is 1. The first-order valence-corrected chi connectivity index (χ1v) is 8.72. The van der Waals surface area contributed by atoms with E-state index >= 15 is 0 Å². The van der Waals surface area contributed by atoms with Gasteiger partial charge in [-0.15, -0.1) is 0 Å². The van der Waals surface area contributed by atoms with E-state index in [1.807, 2.05) is 36.4 Å². The maximum atomic E-state index is 12.1. The second-order valence-corrected chi connectivity index (χ2v) is 7.88. The van der Waals surface area contributed by atoms with Crippen molar-refractivity contribution in [1.29, 1.82) is 0 Å². The molecule has 1 N–H and O–H groups in total. The summed E-state index contributed by atoms with van der Waals surface area (Å²) in [7, 11) is 0. The molecule has 4 aliphatic carbocycles. The summed E-state index contributed by atoms with van der Waals surface area (Å²) in [5.74, 6) is 2.90. The Morgan fingerprint density at radius 3 is 2.23 bits per heavy atom. The maximum Gasteiger partial charge on any atom is 0.244 e. The van der Waals surface area contributed by atoms with Gasteiger partial charge in [0.2, 0.25) is 5.91 Å². The molecule has 5 rings (SSSR count). The third kappa shape index (κ3) is 2.84. The lowest BCUT2D eigenvalue weighted by Gasteiger charge is -2.56. The van der Waals surface area contributed by atoms with E-state index in [-0.39, 0.29) is 5.91 Å². The molecule has 4 fully saturated rings. The smallest absolute Gasteiger partial charge is 0.244 e. The maximum absolute atomic E-state index is 12.1. The molecule has 4 aliphatic rings. The zero-order valence-corrected chi connectivity index (χ0v) is 13.1. The molecule has 2 heteroatoms. The first kappa shape index (κ1) is 14.0. The molecule has 116 valence electrons. The van der Waals surface area contributed by atoms with Gasteiger partial charge in [0.25, 0.3) is 0 Å². The van der Waals surface area contributed by atoms with Gasteiger partial charge in [0.1, 0.15) is 0 Å². The van der Waals surface area contributed by atoms with Gasteiger partial charge in [0, 0.05) is 12.6 Å². The minimum Gasteiger partial charge on any atom is -0.352 e. The molecule has 1 aromatic rings. The van der Waals surface area contributed by atoms with E-state index in [0.717, 1.165) is 29.9 Å². The van der Waals surface area contributed by atoms with Crippen LogP contribution in [0.25, 0.3) is 6.08 Å². The molecule has 22 heavy (non-hydrogen) atoms. The fraction of sp³-hybridized carbons (Fsp3) is 0.550. The van der Waals surface area contributed by atoms with Gasteiger partial charge in [-0.3, -0.25) is 4.79 Å². The number of hydrogen-bond acceptors (Lipinski definition) is 1. The molecule has 0 unspecified atom stereocenters. The molecule has 0 heterocycles. The second-order valence-electron chi connectivity index (χ2n) is 7.88. The van der Waals surface area contributed by atoms with Gasteiger partial charge in [-0.25, -0.2) is 0 Å². The molecule has 0 aliphatic heterocycles. The molecule has 2 nitrogen and oxygen atoms in total. The largest absolute Gasteiger partial charge is 0.352 e. The van der Waals surface area contributed by atoms with Gasteiger partial charge in [0.15, 0.2) is 0 Å². The van der Waals surface area contributed by atoms with Crippen molar-refractivity contribution in [3.05, 3.63) is 42.0 Å². The summed E-state index contributed by atoms with van der Waals surface area (Å²) in [4.78, 5) is 12.1. The Labute approximate surface area is 133 Å². The standard InChI is InChI=1S/C20H25NO/c22-19(7-6-15-4-2-1-3-5-15)21-14-20-11-16-8-17(12-20)10-18(9-16)13-20/h1-7,16-18H,8-14H2,(H,21,22). The summed E-state index contributed by atoms with van der Waals surface area (Å²) in [6.07, 6.45) is 12.0. The number of nitrogens with one attached hydrogen (secondary N) is 1. The van der Waals surface area contributed by atoms with Crippen molar-refractivity contribution in [2.75, 3.05) is 6.54 Å². The number of amides is 1. The lowest BCUT2D eigenvalue weighted by atomic mass is 9.49. The Kier molecular flexibility index (Phi) is 3.56. The molecule has 0 saturated heterocycles. The molecular formula is C20H25NO. The fourth-order valence-electron chi connectivity index (χ4n) is 5.58. The van der Waals surface area contributed by atoms with Crippen LogP contribution in [0, 0.1) is 23.2 Å². The molecular weight excluding hydrogens is 270 g/mol. The Balaban J connectivity index is 1.35. The fourth-order valence-corrected chi connectivity index (χ4v) is 5.58. The summed E-state index contributed by atoms with van der Waals surface area (Å²) < 4.78 is 0. The number of benzene rings is 1. The van der Waals surface area contributed by atoms with Crippen LogP contribution in [0.1, 0.15) is 44.1 Å². The highest BCUT2D eigenvalue weighted by Gasteiger charge is 2.50. The highest BCUT2D eigenvalue weighted by Crippen LogP contribution is 2.59. The van der Waals surface area contributed by atoms with Crippen LogP contribution in [0.5, 0.6) is 0 Å². The van der Waals surface area contributed by atoms with Crippen LogP contribution in [0.4, 0.5) is 0 Å². The Morgan fingerprint density at radius 1 is 1.05 bits per heavy atom. The summed E-state index contributed by atoms with van der Waals surface area (Å²) >= 11 is 0. The predicted molar refractivity (Wildman–Crippen MR) is 89.1 cm³/mol. The molecule has 0 atom stereocenters. The first-order chi connectivity index (χ1) is 10.7. The minimum atomic E-state index is 0.0552. The summed E-state index contributed by atoms with van der Waals surface area (Å²) in [6, 6.07) is 10.0. The highest BCUT2D eigenvalue weighted by molar-refractivity contribution is 5.91. The Bertz CT molecular complexity index is 539. The number of carbonyl (C=O) groups excluding carboxylic acids is 1. The van der Waals surface area contributed by atoms with E-state index in [1.165, 1.54) is 38.5 Å². The van der Waals surface area contributed by atoms with Gasteiger partial charge < -0.3 is 5.32 Å². The molecule has 4 saturated carbocycles. The average molecular weight is 295 g/mol. The van der Waals surface area contributed by atoms with Gasteiger partial charge in [-0.2, -0.15) is 0 Å². The van der Waals surface area contributed by atoms with E-state index < -0.39 is 0 Å². The van der Waals surface area contributed by atoms with Crippen LogP contribution in [0.2, 0.25) is 0 Å². The van der Waals surface area contributed by atoms with Crippen molar-refractivity contribution in [3.8, 4) is 0 Å².